The largest absolute Gasteiger partial charge is 0.508 e. The summed E-state index contributed by atoms with van der Waals surface area (Å²) in [6.45, 7) is 5.15. The van der Waals surface area contributed by atoms with Crippen molar-refractivity contribution in [3.05, 3.63) is 54.6 Å². The van der Waals surface area contributed by atoms with Gasteiger partial charge in [-0.2, -0.15) is 9.97 Å². The third-order valence-electron chi connectivity index (χ3n) is 5.35. The van der Waals surface area contributed by atoms with Crippen LogP contribution >= 0.6 is 0 Å². The lowest BCUT2D eigenvalue weighted by Crippen LogP contribution is -2.47. The summed E-state index contributed by atoms with van der Waals surface area (Å²) in [5.74, 6) is 1.26. The van der Waals surface area contributed by atoms with E-state index in [2.05, 4.69) is 24.8 Å². The SMILES string of the molecule is Cc1cc(-n2cnc3c(N)nc(N4CCN(c5ccc(O)cc5)CC4)nc32)ccn1. The highest BCUT2D eigenvalue weighted by atomic mass is 16.3. The number of hydrogen-bond donors (Lipinski definition) is 2. The van der Waals surface area contributed by atoms with E-state index >= 15 is 0 Å². The molecule has 9 nitrogen and oxygen atoms in total. The Morgan fingerprint density at radius 3 is 2.37 bits per heavy atom. The summed E-state index contributed by atoms with van der Waals surface area (Å²) < 4.78 is 1.91. The number of nitrogens with two attached hydrogens (primary N) is 1. The molecular weight excluding hydrogens is 380 g/mol. The summed E-state index contributed by atoms with van der Waals surface area (Å²) in [6, 6.07) is 11.2. The topological polar surface area (TPSA) is 109 Å². The lowest BCUT2D eigenvalue weighted by molar-refractivity contribution is 0.475. The molecule has 30 heavy (non-hydrogen) atoms. The van der Waals surface area contributed by atoms with Crippen molar-refractivity contribution in [2.45, 2.75) is 6.92 Å². The molecule has 0 bridgehead atoms. The fourth-order valence-electron chi connectivity index (χ4n) is 3.75. The van der Waals surface area contributed by atoms with Crippen LogP contribution in [0.2, 0.25) is 0 Å². The van der Waals surface area contributed by atoms with Crippen molar-refractivity contribution < 1.29 is 5.11 Å². The van der Waals surface area contributed by atoms with E-state index in [0.29, 0.717) is 22.9 Å². The van der Waals surface area contributed by atoms with Crippen molar-refractivity contribution in [1.82, 2.24) is 24.5 Å². The molecule has 0 unspecified atom stereocenters. The highest BCUT2D eigenvalue weighted by molar-refractivity contribution is 5.84. The van der Waals surface area contributed by atoms with Gasteiger partial charge in [-0.15, -0.1) is 0 Å². The van der Waals surface area contributed by atoms with Crippen LogP contribution in [0, 0.1) is 6.92 Å². The number of imidazole rings is 1. The maximum absolute atomic E-state index is 9.49. The fraction of sp³-hybridized carbons (Fsp3) is 0.238. The van der Waals surface area contributed by atoms with E-state index in [1.54, 1.807) is 24.7 Å². The molecule has 9 heteroatoms. The quantitative estimate of drug-likeness (QED) is 0.536. The molecule has 152 valence electrons. The number of phenols is 1. The Labute approximate surface area is 173 Å². The predicted octanol–water partition coefficient (Wildman–Crippen LogP) is 2.13. The molecular formula is C21H22N8O. The van der Waals surface area contributed by atoms with Crippen LogP contribution in [-0.2, 0) is 0 Å². The number of pyridine rings is 1. The molecule has 4 aromatic rings. The Kier molecular flexibility index (Phi) is 4.35. The number of nitrogen functional groups attached to an aromatic ring is 1. The van der Waals surface area contributed by atoms with E-state index in [-0.39, 0.29) is 5.75 Å². The van der Waals surface area contributed by atoms with E-state index in [4.69, 9.17) is 10.7 Å². The van der Waals surface area contributed by atoms with Crippen LogP contribution in [0.5, 0.6) is 5.75 Å². The Bertz CT molecular complexity index is 1200. The summed E-state index contributed by atoms with van der Waals surface area (Å²) in [6.07, 6.45) is 3.49. The van der Waals surface area contributed by atoms with Crippen LogP contribution in [0.1, 0.15) is 5.69 Å². The molecule has 0 radical (unpaired) electrons. The number of benzene rings is 1. The van der Waals surface area contributed by atoms with Crippen molar-refractivity contribution in [2.24, 2.45) is 0 Å². The van der Waals surface area contributed by atoms with Gasteiger partial charge in [0.1, 0.15) is 12.1 Å². The summed E-state index contributed by atoms with van der Waals surface area (Å²) in [5, 5.41) is 9.49. The molecule has 3 N–H and O–H groups in total. The second-order valence-corrected chi connectivity index (χ2v) is 7.34. The predicted molar refractivity (Wildman–Crippen MR) is 116 cm³/mol. The molecule has 0 aliphatic carbocycles. The van der Waals surface area contributed by atoms with E-state index in [1.807, 2.05) is 35.8 Å². The number of aromatic hydroxyl groups is 1. The fourth-order valence-corrected chi connectivity index (χ4v) is 3.75. The number of phenolic OH excluding ortho intramolecular Hbond substituents is 1. The summed E-state index contributed by atoms with van der Waals surface area (Å²) in [4.78, 5) is 22.4. The highest BCUT2D eigenvalue weighted by Gasteiger charge is 2.22. The van der Waals surface area contributed by atoms with Crippen LogP contribution in [0.25, 0.3) is 16.9 Å². The van der Waals surface area contributed by atoms with Gasteiger partial charge < -0.3 is 20.6 Å². The van der Waals surface area contributed by atoms with Gasteiger partial charge in [0, 0.05) is 43.8 Å². The highest BCUT2D eigenvalue weighted by Crippen LogP contribution is 2.25. The zero-order valence-electron chi connectivity index (χ0n) is 16.6. The van der Waals surface area contributed by atoms with Crippen LogP contribution in [-0.4, -0.2) is 55.8 Å². The Hall–Kier alpha value is -3.88. The molecule has 1 aliphatic rings. The van der Waals surface area contributed by atoms with Gasteiger partial charge in [-0.05, 0) is 43.3 Å². The zero-order valence-corrected chi connectivity index (χ0v) is 16.6. The van der Waals surface area contributed by atoms with Gasteiger partial charge >= 0.3 is 0 Å². The third kappa shape index (κ3) is 3.24. The van der Waals surface area contributed by atoms with Crippen LogP contribution < -0.4 is 15.5 Å². The first-order valence-corrected chi connectivity index (χ1v) is 9.81. The molecule has 0 amide bonds. The molecule has 3 aromatic heterocycles. The van der Waals surface area contributed by atoms with E-state index in [9.17, 15) is 5.11 Å². The van der Waals surface area contributed by atoms with Crippen molar-refractivity contribution in [3.8, 4) is 11.4 Å². The minimum absolute atomic E-state index is 0.274. The number of rotatable bonds is 3. The molecule has 4 heterocycles. The van der Waals surface area contributed by atoms with Gasteiger partial charge in [-0.3, -0.25) is 9.55 Å². The number of aryl methyl sites for hydroxylation is 1. The Balaban J connectivity index is 1.42. The normalized spacial score (nSPS) is 14.4. The Morgan fingerprint density at radius 1 is 0.900 bits per heavy atom. The van der Waals surface area contributed by atoms with Gasteiger partial charge in [0.15, 0.2) is 17.0 Å². The zero-order chi connectivity index (χ0) is 20.7. The van der Waals surface area contributed by atoms with Crippen molar-refractivity contribution in [2.75, 3.05) is 41.7 Å². The van der Waals surface area contributed by atoms with E-state index < -0.39 is 0 Å². The first-order chi connectivity index (χ1) is 14.6. The Morgan fingerprint density at radius 2 is 1.63 bits per heavy atom. The van der Waals surface area contributed by atoms with Crippen LogP contribution in [0.3, 0.4) is 0 Å². The van der Waals surface area contributed by atoms with Gasteiger partial charge in [-0.1, -0.05) is 0 Å². The summed E-state index contributed by atoms with van der Waals surface area (Å²) in [7, 11) is 0. The second-order valence-electron chi connectivity index (χ2n) is 7.34. The molecule has 0 saturated carbocycles. The number of piperazine rings is 1. The van der Waals surface area contributed by atoms with Crippen molar-refractivity contribution in [3.63, 3.8) is 0 Å². The van der Waals surface area contributed by atoms with Gasteiger partial charge in [0.05, 0.1) is 5.69 Å². The van der Waals surface area contributed by atoms with Crippen molar-refractivity contribution >= 4 is 28.6 Å². The minimum atomic E-state index is 0.274. The molecule has 1 aromatic carbocycles. The minimum Gasteiger partial charge on any atom is -0.508 e. The summed E-state index contributed by atoms with van der Waals surface area (Å²) in [5.41, 5.74) is 10.4. The molecule has 0 spiro atoms. The molecule has 5 rings (SSSR count). The van der Waals surface area contributed by atoms with Gasteiger partial charge in [-0.25, -0.2) is 4.98 Å². The molecule has 1 aliphatic heterocycles. The maximum Gasteiger partial charge on any atom is 0.229 e. The number of fused-ring (bicyclic) bond motifs is 1. The number of nitrogens with zero attached hydrogens (tertiary/aromatic N) is 7. The first kappa shape index (κ1) is 18.2. The smallest absolute Gasteiger partial charge is 0.229 e. The van der Waals surface area contributed by atoms with Gasteiger partial charge in [0.25, 0.3) is 0 Å². The van der Waals surface area contributed by atoms with E-state index in [1.165, 1.54) is 0 Å². The lowest BCUT2D eigenvalue weighted by atomic mass is 10.2. The second kappa shape index (κ2) is 7.18. The number of hydrogen-bond acceptors (Lipinski definition) is 8. The number of aromatic nitrogens is 5. The van der Waals surface area contributed by atoms with Gasteiger partial charge in [0.2, 0.25) is 5.95 Å². The maximum atomic E-state index is 9.49. The molecule has 1 fully saturated rings. The average molecular weight is 402 g/mol. The lowest BCUT2D eigenvalue weighted by Gasteiger charge is -2.36. The molecule has 0 atom stereocenters. The van der Waals surface area contributed by atoms with Crippen LogP contribution in [0.15, 0.2) is 48.9 Å². The van der Waals surface area contributed by atoms with E-state index in [0.717, 1.165) is 43.2 Å². The summed E-state index contributed by atoms with van der Waals surface area (Å²) >= 11 is 0. The van der Waals surface area contributed by atoms with Crippen LogP contribution in [0.4, 0.5) is 17.5 Å². The molecule has 1 saturated heterocycles. The number of anilines is 3. The average Bonchev–Trinajstić information content (AvgIpc) is 3.19. The third-order valence-corrected chi connectivity index (χ3v) is 5.35. The first-order valence-electron chi connectivity index (χ1n) is 9.81. The standard InChI is InChI=1S/C21H22N8O/c1-14-12-16(6-7-23-14)29-13-24-18-19(22)25-21(26-20(18)29)28-10-8-27(9-11-28)15-2-4-17(30)5-3-15/h2-7,12-13,30H,8-11H2,1H3,(H2,22,25,26). The van der Waals surface area contributed by atoms with Crippen molar-refractivity contribution in [1.29, 1.82) is 0 Å². The monoisotopic (exact) mass is 402 g/mol.